The highest BCUT2D eigenvalue weighted by Crippen LogP contribution is 2.30. The Morgan fingerprint density at radius 1 is 1.35 bits per heavy atom. The first kappa shape index (κ1) is 13.9. The van der Waals surface area contributed by atoms with Crippen molar-refractivity contribution in [3.05, 3.63) is 0 Å². The quantitative estimate of drug-likeness (QED) is 0.634. The highest BCUT2D eigenvalue weighted by Gasteiger charge is 2.58. The molecule has 1 saturated heterocycles. The molecule has 2 N–H and O–H groups in total. The zero-order valence-corrected chi connectivity index (χ0v) is 10.6. The van der Waals surface area contributed by atoms with Crippen molar-refractivity contribution < 1.29 is 29.0 Å². The summed E-state index contributed by atoms with van der Waals surface area (Å²) in [5.74, 6) is 0. The third kappa shape index (κ3) is 2.58. The average molecular weight is 246 g/mol. The fourth-order valence-corrected chi connectivity index (χ4v) is 2.10. The van der Waals surface area contributed by atoms with Crippen molar-refractivity contribution in [1.29, 1.82) is 0 Å². The number of hydrogen-bond donors (Lipinski definition) is 2. The minimum absolute atomic E-state index is 0.134. The Hall–Kier alpha value is -1.14. The SMILES string of the molecule is C[C@@H]1C[C@H](O)C[N@+]1(C(=O)O)C(=O)OC(C)(C)C. The molecule has 1 heterocycles. The Bertz CT molecular complexity index is 335. The van der Waals surface area contributed by atoms with Crippen molar-refractivity contribution >= 4 is 12.2 Å². The summed E-state index contributed by atoms with van der Waals surface area (Å²) in [6, 6.07) is -0.489. The molecule has 1 aliphatic rings. The van der Waals surface area contributed by atoms with Gasteiger partial charge in [-0.1, -0.05) is 0 Å². The smallest absolute Gasteiger partial charge is 0.435 e. The summed E-state index contributed by atoms with van der Waals surface area (Å²) in [5, 5.41) is 18.8. The zero-order valence-electron chi connectivity index (χ0n) is 10.6. The molecule has 1 fully saturated rings. The number of carboxylic acid groups (broad SMARTS) is 1. The van der Waals surface area contributed by atoms with Gasteiger partial charge in [0.2, 0.25) is 0 Å². The summed E-state index contributed by atoms with van der Waals surface area (Å²) in [6.45, 7) is 6.54. The standard InChI is InChI=1S/C11H19NO5/c1-7-5-8(13)6-12(7,9(14)15)10(16)17-11(2,3)4/h7-8,13H,5-6H2,1-4H3/p+1/t7-,8+,12+/m1/s1. The van der Waals surface area contributed by atoms with Crippen LogP contribution in [0.2, 0.25) is 0 Å². The minimum Gasteiger partial charge on any atom is -0.435 e. The Kier molecular flexibility index (Phi) is 3.50. The van der Waals surface area contributed by atoms with E-state index in [4.69, 9.17) is 4.74 Å². The number of quaternary nitrogens is 1. The molecular weight excluding hydrogens is 226 g/mol. The van der Waals surface area contributed by atoms with E-state index in [1.54, 1.807) is 27.7 Å². The van der Waals surface area contributed by atoms with Gasteiger partial charge in [-0.3, -0.25) is 0 Å². The van der Waals surface area contributed by atoms with Gasteiger partial charge in [-0.15, -0.1) is 4.48 Å². The minimum atomic E-state index is -1.27. The van der Waals surface area contributed by atoms with Crippen LogP contribution in [0.1, 0.15) is 34.1 Å². The van der Waals surface area contributed by atoms with Gasteiger partial charge in [-0.25, -0.2) is 0 Å². The number of rotatable bonds is 0. The predicted molar refractivity (Wildman–Crippen MR) is 59.5 cm³/mol. The van der Waals surface area contributed by atoms with Gasteiger partial charge in [0.1, 0.15) is 24.3 Å². The molecule has 6 nitrogen and oxygen atoms in total. The van der Waals surface area contributed by atoms with Crippen LogP contribution in [-0.2, 0) is 4.74 Å². The predicted octanol–water partition coefficient (Wildman–Crippen LogP) is 1.57. The average Bonchev–Trinajstić information content (AvgIpc) is 2.38. The molecule has 0 saturated carbocycles. The summed E-state index contributed by atoms with van der Waals surface area (Å²) in [6.07, 6.45) is -2.59. The number of aliphatic hydroxyl groups excluding tert-OH is 1. The monoisotopic (exact) mass is 246 g/mol. The van der Waals surface area contributed by atoms with Gasteiger partial charge in [-0.05, 0) is 27.7 Å². The van der Waals surface area contributed by atoms with Gasteiger partial charge >= 0.3 is 12.2 Å². The van der Waals surface area contributed by atoms with Gasteiger partial charge in [0.15, 0.2) is 0 Å². The summed E-state index contributed by atoms with van der Waals surface area (Å²) < 4.78 is 4.30. The van der Waals surface area contributed by atoms with Crippen molar-refractivity contribution in [2.45, 2.75) is 51.9 Å². The molecule has 0 radical (unpaired) electrons. The molecule has 98 valence electrons. The van der Waals surface area contributed by atoms with Gasteiger partial charge in [0, 0.05) is 6.42 Å². The molecule has 0 unspecified atom stereocenters. The molecule has 3 atom stereocenters. The molecule has 0 aromatic rings. The first-order valence-electron chi connectivity index (χ1n) is 5.62. The number of hydrogen-bond acceptors (Lipinski definition) is 4. The molecule has 17 heavy (non-hydrogen) atoms. The molecule has 1 aliphatic heterocycles. The second-order valence-electron chi connectivity index (χ2n) is 5.55. The molecule has 0 bridgehead atoms. The number of nitrogens with zero attached hydrogens (tertiary/aromatic N) is 1. The molecule has 2 amide bonds. The number of carbonyl (C=O) groups excluding carboxylic acids is 1. The third-order valence-electron chi connectivity index (χ3n) is 2.93. The molecule has 0 aliphatic carbocycles. The van der Waals surface area contributed by atoms with Crippen LogP contribution in [0, 0.1) is 0 Å². The van der Waals surface area contributed by atoms with E-state index in [9.17, 15) is 19.8 Å². The lowest BCUT2D eigenvalue weighted by atomic mass is 10.2. The van der Waals surface area contributed by atoms with Crippen LogP contribution < -0.4 is 0 Å². The van der Waals surface area contributed by atoms with Gasteiger partial charge in [-0.2, -0.15) is 9.59 Å². The topological polar surface area (TPSA) is 83.8 Å². The van der Waals surface area contributed by atoms with Crippen LogP contribution in [0.5, 0.6) is 0 Å². The second kappa shape index (κ2) is 4.27. The van der Waals surface area contributed by atoms with Crippen molar-refractivity contribution in [1.82, 2.24) is 0 Å². The van der Waals surface area contributed by atoms with E-state index in [0.717, 1.165) is 0 Å². The van der Waals surface area contributed by atoms with Crippen LogP contribution in [0.25, 0.3) is 0 Å². The molecule has 0 aromatic heterocycles. The Morgan fingerprint density at radius 3 is 2.18 bits per heavy atom. The summed E-state index contributed by atoms with van der Waals surface area (Å²) >= 11 is 0. The third-order valence-corrected chi connectivity index (χ3v) is 2.93. The number of ether oxygens (including phenoxy) is 1. The van der Waals surface area contributed by atoms with Crippen LogP contribution in [0.15, 0.2) is 0 Å². The molecule has 0 spiro atoms. The fraction of sp³-hybridized carbons (Fsp3) is 0.818. The summed E-state index contributed by atoms with van der Waals surface area (Å²) in [7, 11) is 0. The van der Waals surface area contributed by atoms with Gasteiger partial charge < -0.3 is 14.9 Å². The van der Waals surface area contributed by atoms with Crippen LogP contribution in [0.3, 0.4) is 0 Å². The van der Waals surface area contributed by atoms with Crippen LogP contribution in [-0.4, -0.2) is 51.2 Å². The summed E-state index contributed by atoms with van der Waals surface area (Å²) in [4.78, 5) is 23.4. The van der Waals surface area contributed by atoms with Crippen molar-refractivity contribution in [3.63, 3.8) is 0 Å². The van der Waals surface area contributed by atoms with E-state index in [1.165, 1.54) is 0 Å². The fourth-order valence-electron chi connectivity index (χ4n) is 2.10. The Balaban J connectivity index is 3.02. The number of likely N-dealkylation sites (tertiary alicyclic amines) is 1. The number of aliphatic hydroxyl groups is 1. The van der Waals surface area contributed by atoms with E-state index in [1.807, 2.05) is 0 Å². The van der Waals surface area contributed by atoms with E-state index >= 15 is 0 Å². The maximum absolute atomic E-state index is 12.0. The number of carbonyl (C=O) groups is 2. The van der Waals surface area contributed by atoms with Crippen LogP contribution >= 0.6 is 0 Å². The number of imide groups is 1. The second-order valence-corrected chi connectivity index (χ2v) is 5.55. The van der Waals surface area contributed by atoms with E-state index in [-0.39, 0.29) is 13.0 Å². The maximum atomic E-state index is 12.0. The van der Waals surface area contributed by atoms with Gasteiger partial charge in [0.05, 0.1) is 0 Å². The van der Waals surface area contributed by atoms with Crippen molar-refractivity contribution in [2.75, 3.05) is 6.54 Å². The zero-order chi connectivity index (χ0) is 13.4. The lowest BCUT2D eigenvalue weighted by Gasteiger charge is -2.31. The van der Waals surface area contributed by atoms with E-state index in [0.29, 0.717) is 0 Å². The van der Waals surface area contributed by atoms with E-state index < -0.39 is 34.4 Å². The highest BCUT2D eigenvalue weighted by molar-refractivity contribution is 5.76. The van der Waals surface area contributed by atoms with Crippen molar-refractivity contribution in [2.24, 2.45) is 0 Å². The summed E-state index contributed by atoms with van der Waals surface area (Å²) in [5.41, 5.74) is -0.745. The number of amides is 2. The first-order chi connectivity index (χ1) is 7.59. The van der Waals surface area contributed by atoms with Crippen LogP contribution in [0.4, 0.5) is 9.59 Å². The normalized spacial score (nSPS) is 33.5. The Morgan fingerprint density at radius 2 is 1.88 bits per heavy atom. The highest BCUT2D eigenvalue weighted by atomic mass is 16.6. The first-order valence-corrected chi connectivity index (χ1v) is 5.62. The lowest BCUT2D eigenvalue weighted by Crippen LogP contribution is -2.60. The van der Waals surface area contributed by atoms with Gasteiger partial charge in [0.25, 0.3) is 0 Å². The molecule has 1 rings (SSSR count). The molecule has 0 aromatic carbocycles. The van der Waals surface area contributed by atoms with Crippen molar-refractivity contribution in [3.8, 4) is 0 Å². The lowest BCUT2D eigenvalue weighted by molar-refractivity contribution is -0.797. The molecular formula is C11H20NO5+. The van der Waals surface area contributed by atoms with E-state index in [2.05, 4.69) is 0 Å². The Labute approximate surface area is 100 Å². The molecule has 6 heteroatoms. The largest absolute Gasteiger partial charge is 0.527 e. The maximum Gasteiger partial charge on any atom is 0.527 e.